The van der Waals surface area contributed by atoms with Gasteiger partial charge in [0.15, 0.2) is 0 Å². The van der Waals surface area contributed by atoms with Crippen molar-refractivity contribution < 1.29 is 14.4 Å². The van der Waals surface area contributed by atoms with E-state index in [1.165, 1.54) is 0 Å². The van der Waals surface area contributed by atoms with Crippen molar-refractivity contribution in [2.24, 2.45) is 21.9 Å². The lowest BCUT2D eigenvalue weighted by Crippen LogP contribution is -2.51. The summed E-state index contributed by atoms with van der Waals surface area (Å²) in [7, 11) is 5.68. The molecule has 3 atom stereocenters. The van der Waals surface area contributed by atoms with Crippen LogP contribution in [0.2, 0.25) is 0 Å². The Morgan fingerprint density at radius 1 is 0.923 bits per heavy atom. The van der Waals surface area contributed by atoms with Crippen LogP contribution in [0.4, 0.5) is 17.1 Å². The number of azo groups is 1. The first-order chi connectivity index (χ1) is 18.6. The van der Waals surface area contributed by atoms with Gasteiger partial charge in [-0.05, 0) is 80.8 Å². The smallest absolute Gasteiger partial charge is 0.251 e. The zero-order valence-electron chi connectivity index (χ0n) is 23.7. The highest BCUT2D eigenvalue weighted by Gasteiger charge is 2.24. The average molecular weight is 538 g/mol. The first kappa shape index (κ1) is 31.4. The zero-order chi connectivity index (χ0) is 28.8. The molecule has 0 heterocycles. The van der Waals surface area contributed by atoms with Crippen molar-refractivity contribution in [3.63, 3.8) is 0 Å². The molecule has 10 nitrogen and oxygen atoms in total. The molecule has 2 aromatic carbocycles. The standard InChI is InChI=1S/C29H43N7O3/c1-6-7-8-25(27(30)37)33-29(39)26(31-3)19-20(2)17-18-32-28(38)21-9-11-22(12-10-21)34-35-23-13-15-24(16-14-23)36(4)5/h9-16,20,25-26,31H,6-8,17-19H2,1-5H3,(H2,30,37)(H,32,38)(H,33,39)/b35-34+/t20?,25-,26+/m0/s1. The molecule has 2 aromatic rings. The average Bonchev–Trinajstić information content (AvgIpc) is 2.92. The molecule has 0 saturated carbocycles. The summed E-state index contributed by atoms with van der Waals surface area (Å²) in [4.78, 5) is 38.9. The summed E-state index contributed by atoms with van der Waals surface area (Å²) < 4.78 is 0. The molecule has 0 aromatic heterocycles. The molecule has 0 aliphatic rings. The lowest BCUT2D eigenvalue weighted by molar-refractivity contribution is -0.129. The topological polar surface area (TPSA) is 141 Å². The van der Waals surface area contributed by atoms with Crippen molar-refractivity contribution in [2.45, 2.75) is 58.0 Å². The molecular weight excluding hydrogens is 494 g/mol. The van der Waals surface area contributed by atoms with Crippen LogP contribution in [0, 0.1) is 5.92 Å². The third-order valence-corrected chi connectivity index (χ3v) is 6.51. The number of carbonyl (C=O) groups excluding carboxylic acids is 3. The van der Waals surface area contributed by atoms with E-state index in [1.54, 1.807) is 31.3 Å². The number of carbonyl (C=O) groups is 3. The van der Waals surface area contributed by atoms with Crippen LogP contribution in [-0.4, -0.2) is 57.5 Å². The molecule has 1 unspecified atom stereocenters. The maximum absolute atomic E-state index is 12.7. The van der Waals surface area contributed by atoms with Gasteiger partial charge in [0, 0.05) is 31.9 Å². The van der Waals surface area contributed by atoms with Gasteiger partial charge in [-0.25, -0.2) is 0 Å². The van der Waals surface area contributed by atoms with Crippen LogP contribution in [0.15, 0.2) is 58.8 Å². The number of amides is 3. The summed E-state index contributed by atoms with van der Waals surface area (Å²) >= 11 is 0. The Hall–Kier alpha value is -3.79. The Labute approximate surface area is 231 Å². The van der Waals surface area contributed by atoms with E-state index in [9.17, 15) is 14.4 Å². The molecule has 0 fully saturated rings. The number of benzene rings is 2. The highest BCUT2D eigenvalue weighted by Crippen LogP contribution is 2.21. The van der Waals surface area contributed by atoms with Gasteiger partial charge >= 0.3 is 0 Å². The SMILES string of the molecule is CCCC[C@H](NC(=O)[C@@H](CC(C)CCNC(=O)c1ccc(/N=N/c2ccc(N(C)C)cc2)cc1)NC)C(N)=O. The van der Waals surface area contributed by atoms with Crippen LogP contribution in [0.3, 0.4) is 0 Å². The molecule has 0 saturated heterocycles. The highest BCUT2D eigenvalue weighted by molar-refractivity contribution is 5.94. The van der Waals surface area contributed by atoms with Gasteiger partial charge in [-0.1, -0.05) is 26.7 Å². The van der Waals surface area contributed by atoms with Crippen molar-refractivity contribution in [3.05, 3.63) is 54.1 Å². The molecule has 39 heavy (non-hydrogen) atoms. The molecule has 0 bridgehead atoms. The van der Waals surface area contributed by atoms with E-state index in [0.29, 0.717) is 37.1 Å². The number of hydrogen-bond acceptors (Lipinski definition) is 7. The number of likely N-dealkylation sites (N-methyl/N-ethyl adjacent to an activating group) is 1. The van der Waals surface area contributed by atoms with Gasteiger partial charge in [0.25, 0.3) is 5.91 Å². The van der Waals surface area contributed by atoms with Gasteiger partial charge in [0.1, 0.15) is 6.04 Å². The van der Waals surface area contributed by atoms with Gasteiger partial charge < -0.3 is 26.6 Å². The maximum atomic E-state index is 12.7. The minimum atomic E-state index is -0.662. The first-order valence-corrected chi connectivity index (χ1v) is 13.5. The van der Waals surface area contributed by atoms with Crippen molar-refractivity contribution in [3.8, 4) is 0 Å². The summed E-state index contributed by atoms with van der Waals surface area (Å²) in [6, 6.07) is 13.6. The van der Waals surface area contributed by atoms with Gasteiger partial charge in [-0.2, -0.15) is 10.2 Å². The van der Waals surface area contributed by atoms with Crippen molar-refractivity contribution in [2.75, 3.05) is 32.6 Å². The predicted molar refractivity (Wildman–Crippen MR) is 156 cm³/mol. The quantitative estimate of drug-likeness (QED) is 0.239. The van der Waals surface area contributed by atoms with E-state index in [0.717, 1.165) is 24.2 Å². The Morgan fingerprint density at radius 2 is 1.51 bits per heavy atom. The number of unbranched alkanes of at least 4 members (excludes halogenated alkanes) is 1. The van der Waals surface area contributed by atoms with Crippen molar-refractivity contribution >= 4 is 34.8 Å². The molecule has 10 heteroatoms. The number of rotatable bonds is 16. The second-order valence-electron chi connectivity index (χ2n) is 9.99. The van der Waals surface area contributed by atoms with Crippen LogP contribution in [-0.2, 0) is 9.59 Å². The summed E-state index contributed by atoms with van der Waals surface area (Å²) in [5.74, 6) is -0.775. The normalized spacial score (nSPS) is 13.5. The third kappa shape index (κ3) is 10.8. The molecule has 5 N–H and O–H groups in total. The first-order valence-electron chi connectivity index (χ1n) is 13.5. The van der Waals surface area contributed by atoms with Crippen LogP contribution in [0.1, 0.15) is 56.3 Å². The molecule has 0 radical (unpaired) electrons. The fourth-order valence-corrected chi connectivity index (χ4v) is 3.99. The minimum Gasteiger partial charge on any atom is -0.378 e. The molecule has 212 valence electrons. The molecule has 3 amide bonds. The Balaban J connectivity index is 1.80. The second kappa shape index (κ2) is 16.2. The van der Waals surface area contributed by atoms with E-state index in [1.807, 2.05) is 57.1 Å². The van der Waals surface area contributed by atoms with Crippen LogP contribution >= 0.6 is 0 Å². The molecule has 0 aliphatic heterocycles. The lowest BCUT2D eigenvalue weighted by Gasteiger charge is -2.23. The van der Waals surface area contributed by atoms with E-state index in [2.05, 4.69) is 26.2 Å². The number of primary amides is 1. The van der Waals surface area contributed by atoms with E-state index in [-0.39, 0.29) is 17.7 Å². The summed E-state index contributed by atoms with van der Waals surface area (Å²) in [6.45, 7) is 4.52. The summed E-state index contributed by atoms with van der Waals surface area (Å²) in [5.41, 5.74) is 8.47. The molecule has 2 rings (SSSR count). The Morgan fingerprint density at radius 3 is 2.03 bits per heavy atom. The highest BCUT2D eigenvalue weighted by atomic mass is 16.2. The number of nitrogens with one attached hydrogen (secondary N) is 3. The van der Waals surface area contributed by atoms with Gasteiger partial charge in [-0.3, -0.25) is 14.4 Å². The number of hydrogen-bond donors (Lipinski definition) is 4. The van der Waals surface area contributed by atoms with Gasteiger partial charge in [0.2, 0.25) is 11.8 Å². The van der Waals surface area contributed by atoms with Crippen LogP contribution in [0.5, 0.6) is 0 Å². The number of anilines is 1. The number of nitrogens with zero attached hydrogens (tertiary/aromatic N) is 3. The lowest BCUT2D eigenvalue weighted by atomic mass is 9.97. The van der Waals surface area contributed by atoms with Crippen molar-refractivity contribution in [1.29, 1.82) is 0 Å². The zero-order valence-corrected chi connectivity index (χ0v) is 23.7. The summed E-state index contributed by atoms with van der Waals surface area (Å²) in [6.07, 6.45) is 3.52. The largest absolute Gasteiger partial charge is 0.378 e. The second-order valence-corrected chi connectivity index (χ2v) is 9.99. The van der Waals surface area contributed by atoms with Crippen LogP contribution < -0.4 is 26.6 Å². The Bertz CT molecular complexity index is 1090. The van der Waals surface area contributed by atoms with Gasteiger partial charge in [-0.15, -0.1) is 0 Å². The van der Waals surface area contributed by atoms with Crippen LogP contribution in [0.25, 0.3) is 0 Å². The fraction of sp³-hybridized carbons (Fsp3) is 0.483. The van der Waals surface area contributed by atoms with Crippen molar-refractivity contribution in [1.82, 2.24) is 16.0 Å². The molecule has 0 aliphatic carbocycles. The van der Waals surface area contributed by atoms with E-state index < -0.39 is 18.0 Å². The van der Waals surface area contributed by atoms with Gasteiger partial charge in [0.05, 0.1) is 17.4 Å². The van der Waals surface area contributed by atoms with E-state index in [4.69, 9.17) is 5.73 Å². The third-order valence-electron chi connectivity index (χ3n) is 6.51. The molecular formula is C29H43N7O3. The summed E-state index contributed by atoms with van der Waals surface area (Å²) in [5, 5.41) is 17.2. The fourth-order valence-electron chi connectivity index (χ4n) is 3.99. The van der Waals surface area contributed by atoms with E-state index >= 15 is 0 Å². The Kier molecular flexibility index (Phi) is 13.1. The number of nitrogens with two attached hydrogens (primary N) is 1. The predicted octanol–water partition coefficient (Wildman–Crippen LogP) is 4.06. The maximum Gasteiger partial charge on any atom is 0.251 e. The monoisotopic (exact) mass is 537 g/mol. The molecule has 0 spiro atoms. The minimum absolute atomic E-state index is 0.158.